The third-order valence-corrected chi connectivity index (χ3v) is 2.76. The number of hydrogen-bond acceptors (Lipinski definition) is 1. The number of halogens is 2. The summed E-state index contributed by atoms with van der Waals surface area (Å²) in [6, 6.07) is 4.27. The van der Waals surface area contributed by atoms with Crippen LogP contribution >= 0.6 is 11.6 Å². The Morgan fingerprint density at radius 1 is 1.33 bits per heavy atom. The average molecular weight is 228 g/mol. The molecule has 0 N–H and O–H groups in total. The Kier molecular flexibility index (Phi) is 2.91. The van der Waals surface area contributed by atoms with Crippen LogP contribution in [0.15, 0.2) is 18.2 Å². The maximum atomic E-state index is 13.5. The molecule has 0 bridgehead atoms. The van der Waals surface area contributed by atoms with E-state index < -0.39 is 5.82 Å². The first-order valence-corrected chi connectivity index (χ1v) is 5.32. The fourth-order valence-corrected chi connectivity index (χ4v) is 1.92. The second kappa shape index (κ2) is 4.19. The standard InChI is InChI=1S/C11H11ClFNO/c12-8-4-5-9(13)10(7-8)14-6-2-1-3-11(14)15/h4-5,7H,1-3,6H2. The summed E-state index contributed by atoms with van der Waals surface area (Å²) in [6.45, 7) is 0.579. The van der Waals surface area contributed by atoms with Gasteiger partial charge in [0.25, 0.3) is 0 Å². The Hall–Kier alpha value is -1.09. The average Bonchev–Trinajstić information content (AvgIpc) is 2.23. The lowest BCUT2D eigenvalue weighted by Gasteiger charge is -2.27. The van der Waals surface area contributed by atoms with Gasteiger partial charge in [-0.25, -0.2) is 4.39 Å². The molecule has 4 heteroatoms. The summed E-state index contributed by atoms with van der Waals surface area (Å²) < 4.78 is 13.5. The van der Waals surface area contributed by atoms with Gasteiger partial charge in [-0.3, -0.25) is 4.79 Å². The van der Waals surface area contributed by atoms with E-state index in [1.807, 2.05) is 0 Å². The Morgan fingerprint density at radius 2 is 2.13 bits per heavy atom. The number of amides is 1. The normalized spacial score (nSPS) is 16.9. The summed E-state index contributed by atoms with van der Waals surface area (Å²) in [5.41, 5.74) is 0.298. The molecule has 1 amide bonds. The molecule has 15 heavy (non-hydrogen) atoms. The minimum Gasteiger partial charge on any atom is -0.310 e. The first-order valence-electron chi connectivity index (χ1n) is 4.94. The molecule has 1 aliphatic heterocycles. The highest BCUT2D eigenvalue weighted by Gasteiger charge is 2.22. The minimum atomic E-state index is -0.394. The Labute approximate surface area is 92.6 Å². The van der Waals surface area contributed by atoms with Gasteiger partial charge in [0.15, 0.2) is 0 Å². The molecule has 2 nitrogen and oxygen atoms in total. The molecule has 0 atom stereocenters. The topological polar surface area (TPSA) is 20.3 Å². The van der Waals surface area contributed by atoms with Crippen molar-refractivity contribution in [3.05, 3.63) is 29.0 Å². The number of hydrogen-bond donors (Lipinski definition) is 0. The quantitative estimate of drug-likeness (QED) is 0.722. The Morgan fingerprint density at radius 3 is 2.87 bits per heavy atom. The van der Waals surface area contributed by atoms with Gasteiger partial charge in [-0.05, 0) is 31.0 Å². The maximum Gasteiger partial charge on any atom is 0.227 e. The van der Waals surface area contributed by atoms with E-state index in [0.717, 1.165) is 12.8 Å². The SMILES string of the molecule is O=C1CCCCN1c1cc(Cl)ccc1F. The highest BCUT2D eigenvalue weighted by Crippen LogP contribution is 2.26. The Bertz CT molecular complexity index is 394. The van der Waals surface area contributed by atoms with Gasteiger partial charge < -0.3 is 4.90 Å². The highest BCUT2D eigenvalue weighted by atomic mass is 35.5. The summed E-state index contributed by atoms with van der Waals surface area (Å²) in [4.78, 5) is 13.1. The summed E-state index contributed by atoms with van der Waals surface area (Å²) in [6.07, 6.45) is 2.29. The second-order valence-corrected chi connectivity index (χ2v) is 4.03. The van der Waals surface area contributed by atoms with Gasteiger partial charge in [0.2, 0.25) is 5.91 Å². The Balaban J connectivity index is 2.34. The summed E-state index contributed by atoms with van der Waals surface area (Å²) in [5, 5.41) is 0.449. The fourth-order valence-electron chi connectivity index (χ4n) is 1.75. The summed E-state index contributed by atoms with van der Waals surface area (Å²) in [5.74, 6) is -0.419. The van der Waals surface area contributed by atoms with Crippen molar-refractivity contribution in [2.45, 2.75) is 19.3 Å². The van der Waals surface area contributed by atoms with Crippen molar-refractivity contribution in [1.82, 2.24) is 0 Å². The van der Waals surface area contributed by atoms with Gasteiger partial charge in [0, 0.05) is 18.0 Å². The molecule has 2 rings (SSSR count). The predicted octanol–water partition coefficient (Wildman–Crippen LogP) is 3.00. The lowest BCUT2D eigenvalue weighted by atomic mass is 10.1. The van der Waals surface area contributed by atoms with Crippen molar-refractivity contribution < 1.29 is 9.18 Å². The second-order valence-electron chi connectivity index (χ2n) is 3.60. The van der Waals surface area contributed by atoms with Crippen LogP contribution < -0.4 is 4.90 Å². The minimum absolute atomic E-state index is 0.0255. The summed E-state index contributed by atoms with van der Waals surface area (Å²) >= 11 is 5.78. The number of carbonyl (C=O) groups excluding carboxylic acids is 1. The zero-order chi connectivity index (χ0) is 10.8. The van der Waals surface area contributed by atoms with Crippen molar-refractivity contribution in [1.29, 1.82) is 0 Å². The number of anilines is 1. The van der Waals surface area contributed by atoms with Gasteiger partial charge in [0.1, 0.15) is 5.82 Å². The molecule has 0 radical (unpaired) electrons. The zero-order valence-electron chi connectivity index (χ0n) is 8.17. The van der Waals surface area contributed by atoms with Crippen LogP contribution in [-0.4, -0.2) is 12.5 Å². The lowest BCUT2D eigenvalue weighted by Crippen LogP contribution is -2.35. The van der Waals surface area contributed by atoms with Crippen molar-refractivity contribution in [2.75, 3.05) is 11.4 Å². The molecule has 1 aromatic carbocycles. The monoisotopic (exact) mass is 227 g/mol. The first kappa shape index (κ1) is 10.4. The molecule has 0 spiro atoms. The highest BCUT2D eigenvalue weighted by molar-refractivity contribution is 6.30. The maximum absolute atomic E-state index is 13.5. The lowest BCUT2D eigenvalue weighted by molar-refractivity contribution is -0.119. The third-order valence-electron chi connectivity index (χ3n) is 2.52. The van der Waals surface area contributed by atoms with Gasteiger partial charge in [0.05, 0.1) is 5.69 Å². The van der Waals surface area contributed by atoms with Crippen molar-refractivity contribution in [3.8, 4) is 0 Å². The van der Waals surface area contributed by atoms with E-state index in [1.165, 1.54) is 23.1 Å². The number of benzene rings is 1. The van der Waals surface area contributed by atoms with Gasteiger partial charge in [-0.2, -0.15) is 0 Å². The molecule has 1 aliphatic rings. The van der Waals surface area contributed by atoms with E-state index in [4.69, 9.17) is 11.6 Å². The molecule has 0 saturated carbocycles. The first-order chi connectivity index (χ1) is 7.18. The molecule has 1 heterocycles. The molecule has 1 aromatic rings. The van der Waals surface area contributed by atoms with Gasteiger partial charge in [-0.15, -0.1) is 0 Å². The van der Waals surface area contributed by atoms with Crippen LogP contribution in [-0.2, 0) is 4.79 Å². The number of nitrogens with zero attached hydrogens (tertiary/aromatic N) is 1. The molecule has 1 saturated heterocycles. The van der Waals surface area contributed by atoms with E-state index in [1.54, 1.807) is 0 Å². The third kappa shape index (κ3) is 2.12. The number of piperidine rings is 1. The fraction of sp³-hybridized carbons (Fsp3) is 0.364. The van der Waals surface area contributed by atoms with Crippen LogP contribution in [0.3, 0.4) is 0 Å². The zero-order valence-corrected chi connectivity index (χ0v) is 8.93. The van der Waals surface area contributed by atoms with E-state index in [-0.39, 0.29) is 5.91 Å². The molecule has 1 fully saturated rings. The largest absolute Gasteiger partial charge is 0.310 e. The van der Waals surface area contributed by atoms with Gasteiger partial charge >= 0.3 is 0 Å². The van der Waals surface area contributed by atoms with Crippen LogP contribution in [0.1, 0.15) is 19.3 Å². The van der Waals surface area contributed by atoms with Crippen LogP contribution in [0.2, 0.25) is 5.02 Å². The van der Waals surface area contributed by atoms with E-state index in [9.17, 15) is 9.18 Å². The van der Waals surface area contributed by atoms with E-state index in [2.05, 4.69) is 0 Å². The molecule has 0 unspecified atom stereocenters. The smallest absolute Gasteiger partial charge is 0.227 e. The van der Waals surface area contributed by atoms with Crippen LogP contribution in [0.25, 0.3) is 0 Å². The number of rotatable bonds is 1. The molecular formula is C11H11ClFNO. The van der Waals surface area contributed by atoms with Gasteiger partial charge in [-0.1, -0.05) is 11.6 Å². The molecule has 80 valence electrons. The summed E-state index contributed by atoms with van der Waals surface area (Å²) in [7, 11) is 0. The predicted molar refractivity (Wildman–Crippen MR) is 57.6 cm³/mol. The van der Waals surface area contributed by atoms with Crippen LogP contribution in [0.4, 0.5) is 10.1 Å². The number of carbonyl (C=O) groups is 1. The van der Waals surface area contributed by atoms with Crippen molar-refractivity contribution in [2.24, 2.45) is 0 Å². The van der Waals surface area contributed by atoms with Crippen molar-refractivity contribution in [3.63, 3.8) is 0 Å². The van der Waals surface area contributed by atoms with E-state index in [0.29, 0.717) is 23.7 Å². The van der Waals surface area contributed by atoms with E-state index >= 15 is 0 Å². The molecular weight excluding hydrogens is 217 g/mol. The molecule has 0 aliphatic carbocycles. The van der Waals surface area contributed by atoms with Crippen molar-refractivity contribution >= 4 is 23.2 Å². The van der Waals surface area contributed by atoms with Crippen LogP contribution in [0.5, 0.6) is 0 Å². The van der Waals surface area contributed by atoms with Crippen LogP contribution in [0, 0.1) is 5.82 Å². The molecule has 0 aromatic heterocycles.